The first-order chi connectivity index (χ1) is 8.79. The minimum atomic E-state index is 0.254. The van der Waals surface area contributed by atoms with Crippen LogP contribution in [0.25, 0.3) is 0 Å². The number of hydrogen-bond acceptors (Lipinski definition) is 3. The van der Waals surface area contributed by atoms with E-state index in [1.807, 2.05) is 18.2 Å². The Labute approximate surface area is 117 Å². The van der Waals surface area contributed by atoms with E-state index in [1.165, 1.54) is 5.56 Å². The first-order valence-electron chi connectivity index (χ1n) is 6.00. The molecule has 96 valence electrons. The van der Waals surface area contributed by atoms with E-state index in [4.69, 9.17) is 17.4 Å². The quantitative estimate of drug-likeness (QED) is 0.629. The van der Waals surface area contributed by atoms with E-state index in [9.17, 15) is 0 Å². The molecule has 2 nitrogen and oxygen atoms in total. The first kappa shape index (κ1) is 13.6. The Morgan fingerprint density at radius 3 is 2.78 bits per heavy atom. The van der Waals surface area contributed by atoms with E-state index >= 15 is 0 Å². The minimum Gasteiger partial charge on any atom is -0.271 e. The molecule has 2 aromatic rings. The van der Waals surface area contributed by atoms with E-state index in [-0.39, 0.29) is 6.04 Å². The Bertz CT molecular complexity index is 470. The molecule has 0 saturated heterocycles. The smallest absolute Gasteiger partial charge is 0.0438 e. The summed E-state index contributed by atoms with van der Waals surface area (Å²) >= 11 is 7.89. The number of aryl methyl sites for hydroxylation is 1. The Hall–Kier alpha value is -0.870. The summed E-state index contributed by atoms with van der Waals surface area (Å²) < 4.78 is 0. The summed E-state index contributed by atoms with van der Waals surface area (Å²) in [4.78, 5) is 0. The van der Waals surface area contributed by atoms with Crippen LogP contribution in [0.1, 0.15) is 17.5 Å². The molecule has 0 aliphatic rings. The van der Waals surface area contributed by atoms with Gasteiger partial charge in [0.25, 0.3) is 0 Å². The Morgan fingerprint density at radius 2 is 2.11 bits per heavy atom. The second-order valence-electron chi connectivity index (χ2n) is 4.33. The molecule has 0 saturated carbocycles. The molecule has 1 heterocycles. The van der Waals surface area contributed by atoms with Crippen LogP contribution < -0.4 is 11.3 Å². The van der Waals surface area contributed by atoms with Gasteiger partial charge in [0.2, 0.25) is 0 Å². The van der Waals surface area contributed by atoms with Crippen LogP contribution in [0.3, 0.4) is 0 Å². The van der Waals surface area contributed by atoms with Gasteiger partial charge in [-0.25, -0.2) is 0 Å². The van der Waals surface area contributed by atoms with E-state index in [0.717, 1.165) is 29.8 Å². The lowest BCUT2D eigenvalue weighted by Gasteiger charge is -2.16. The van der Waals surface area contributed by atoms with Crippen molar-refractivity contribution in [2.24, 2.45) is 5.84 Å². The van der Waals surface area contributed by atoms with Gasteiger partial charge in [0.1, 0.15) is 0 Å². The molecule has 0 radical (unpaired) electrons. The van der Waals surface area contributed by atoms with Crippen LogP contribution in [0.4, 0.5) is 0 Å². The monoisotopic (exact) mass is 280 g/mol. The molecule has 3 N–H and O–H groups in total. The number of hydrazine groups is 1. The maximum Gasteiger partial charge on any atom is 0.0438 e. The van der Waals surface area contributed by atoms with Crippen molar-refractivity contribution in [3.8, 4) is 0 Å². The van der Waals surface area contributed by atoms with Gasteiger partial charge in [-0.3, -0.25) is 11.3 Å². The summed E-state index contributed by atoms with van der Waals surface area (Å²) in [5, 5.41) is 5.10. The summed E-state index contributed by atoms with van der Waals surface area (Å²) in [5.41, 5.74) is 5.41. The third-order valence-corrected chi connectivity index (χ3v) is 4.12. The standard InChI is InChI=1S/C14H17ClN2S/c15-14-4-2-1-3-12(14)9-13(17-16)6-5-11-7-8-18-10-11/h1-4,7-8,10,13,17H,5-6,9,16H2. The average Bonchev–Trinajstić information content (AvgIpc) is 2.90. The van der Waals surface area contributed by atoms with Crippen molar-refractivity contribution in [1.29, 1.82) is 0 Å². The van der Waals surface area contributed by atoms with Crippen molar-refractivity contribution in [2.45, 2.75) is 25.3 Å². The number of hydrogen-bond donors (Lipinski definition) is 2. The minimum absolute atomic E-state index is 0.254. The fourth-order valence-corrected chi connectivity index (χ4v) is 2.87. The van der Waals surface area contributed by atoms with Crippen LogP contribution in [0.2, 0.25) is 5.02 Å². The third-order valence-electron chi connectivity index (χ3n) is 3.02. The van der Waals surface area contributed by atoms with Gasteiger partial charge in [0.05, 0.1) is 0 Å². The van der Waals surface area contributed by atoms with Crippen molar-refractivity contribution >= 4 is 22.9 Å². The van der Waals surface area contributed by atoms with E-state index in [2.05, 4.69) is 28.3 Å². The normalized spacial score (nSPS) is 12.6. The molecule has 0 spiro atoms. The lowest BCUT2D eigenvalue weighted by atomic mass is 10.0. The molecule has 0 fully saturated rings. The number of nitrogens with two attached hydrogens (primary N) is 1. The van der Waals surface area contributed by atoms with E-state index < -0.39 is 0 Å². The summed E-state index contributed by atoms with van der Waals surface area (Å²) in [5.74, 6) is 5.62. The van der Waals surface area contributed by atoms with Gasteiger partial charge in [-0.1, -0.05) is 29.8 Å². The third kappa shape index (κ3) is 3.82. The maximum absolute atomic E-state index is 6.16. The number of benzene rings is 1. The van der Waals surface area contributed by atoms with Crippen LogP contribution >= 0.6 is 22.9 Å². The summed E-state index contributed by atoms with van der Waals surface area (Å²) in [6.45, 7) is 0. The van der Waals surface area contributed by atoms with Gasteiger partial charge in [-0.2, -0.15) is 11.3 Å². The Balaban J connectivity index is 1.91. The second-order valence-corrected chi connectivity index (χ2v) is 5.52. The topological polar surface area (TPSA) is 38.0 Å². The van der Waals surface area contributed by atoms with Crippen molar-refractivity contribution in [3.05, 3.63) is 57.2 Å². The number of thiophene rings is 1. The highest BCUT2D eigenvalue weighted by atomic mass is 35.5. The molecular weight excluding hydrogens is 264 g/mol. The second kappa shape index (κ2) is 6.90. The fraction of sp³-hybridized carbons (Fsp3) is 0.286. The van der Waals surface area contributed by atoms with E-state index in [0.29, 0.717) is 0 Å². The average molecular weight is 281 g/mol. The predicted octanol–water partition coefficient (Wildman–Crippen LogP) is 3.41. The highest BCUT2D eigenvalue weighted by Crippen LogP contribution is 2.18. The van der Waals surface area contributed by atoms with Crippen LogP contribution in [0, 0.1) is 0 Å². The molecule has 4 heteroatoms. The molecule has 0 amide bonds. The molecule has 0 bridgehead atoms. The van der Waals surface area contributed by atoms with E-state index in [1.54, 1.807) is 11.3 Å². The van der Waals surface area contributed by atoms with Crippen molar-refractivity contribution in [3.63, 3.8) is 0 Å². The molecular formula is C14H17ClN2S. The molecule has 1 aromatic heterocycles. The Morgan fingerprint density at radius 1 is 1.28 bits per heavy atom. The SMILES string of the molecule is NNC(CCc1ccsc1)Cc1ccccc1Cl. The highest BCUT2D eigenvalue weighted by Gasteiger charge is 2.10. The lowest BCUT2D eigenvalue weighted by Crippen LogP contribution is -2.37. The zero-order valence-corrected chi connectivity index (χ0v) is 11.7. The van der Waals surface area contributed by atoms with Gasteiger partial charge < -0.3 is 0 Å². The zero-order valence-electron chi connectivity index (χ0n) is 10.1. The number of nitrogens with one attached hydrogen (secondary N) is 1. The largest absolute Gasteiger partial charge is 0.271 e. The summed E-state index contributed by atoms with van der Waals surface area (Å²) in [6.07, 6.45) is 2.92. The molecule has 1 unspecified atom stereocenters. The molecule has 0 aliphatic heterocycles. The van der Waals surface area contributed by atoms with Gasteiger partial charge >= 0.3 is 0 Å². The highest BCUT2D eigenvalue weighted by molar-refractivity contribution is 7.07. The number of halogens is 1. The first-order valence-corrected chi connectivity index (χ1v) is 7.32. The molecule has 18 heavy (non-hydrogen) atoms. The molecule has 1 atom stereocenters. The van der Waals surface area contributed by atoms with Crippen LogP contribution in [0.15, 0.2) is 41.1 Å². The van der Waals surface area contributed by atoms with Crippen LogP contribution in [-0.2, 0) is 12.8 Å². The predicted molar refractivity (Wildman–Crippen MR) is 78.9 cm³/mol. The number of rotatable bonds is 6. The van der Waals surface area contributed by atoms with Crippen LogP contribution in [-0.4, -0.2) is 6.04 Å². The molecule has 1 aromatic carbocycles. The summed E-state index contributed by atoms with van der Waals surface area (Å²) in [6, 6.07) is 10.3. The van der Waals surface area contributed by atoms with Crippen molar-refractivity contribution < 1.29 is 0 Å². The molecule has 0 aliphatic carbocycles. The van der Waals surface area contributed by atoms with Crippen molar-refractivity contribution in [2.75, 3.05) is 0 Å². The van der Waals surface area contributed by atoms with Gasteiger partial charge in [0.15, 0.2) is 0 Å². The van der Waals surface area contributed by atoms with Gasteiger partial charge in [0, 0.05) is 11.1 Å². The zero-order chi connectivity index (χ0) is 12.8. The maximum atomic E-state index is 6.16. The summed E-state index contributed by atoms with van der Waals surface area (Å²) in [7, 11) is 0. The Kier molecular flexibility index (Phi) is 5.20. The van der Waals surface area contributed by atoms with Crippen molar-refractivity contribution in [1.82, 2.24) is 5.43 Å². The molecule has 2 rings (SSSR count). The van der Waals surface area contributed by atoms with Gasteiger partial charge in [-0.05, 0) is 53.3 Å². The van der Waals surface area contributed by atoms with Crippen LogP contribution in [0.5, 0.6) is 0 Å². The fourth-order valence-electron chi connectivity index (χ4n) is 1.95. The van der Waals surface area contributed by atoms with Gasteiger partial charge in [-0.15, -0.1) is 0 Å². The lowest BCUT2D eigenvalue weighted by molar-refractivity contribution is 0.492.